The summed E-state index contributed by atoms with van der Waals surface area (Å²) in [5.74, 6) is -0.810. The van der Waals surface area contributed by atoms with Gasteiger partial charge in [-0.25, -0.2) is 4.39 Å². The number of carbonyl (C=O) groups excluding carboxylic acids is 2. The second-order valence-electron chi connectivity index (χ2n) is 5.81. The van der Waals surface area contributed by atoms with Crippen LogP contribution in [-0.4, -0.2) is 29.8 Å². The maximum atomic E-state index is 13.5. The highest BCUT2D eigenvalue weighted by molar-refractivity contribution is 5.85. The van der Waals surface area contributed by atoms with Gasteiger partial charge in [0.05, 0.1) is 12.0 Å². The number of benzene rings is 1. The molecule has 21 heavy (non-hydrogen) atoms. The van der Waals surface area contributed by atoms with Gasteiger partial charge in [-0.3, -0.25) is 9.59 Å². The van der Waals surface area contributed by atoms with Gasteiger partial charge in [0, 0.05) is 19.5 Å². The Balaban J connectivity index is 2.33. The van der Waals surface area contributed by atoms with Gasteiger partial charge in [0.2, 0.25) is 11.8 Å². The Kier molecular flexibility index (Phi) is 4.60. The largest absolute Gasteiger partial charge is 0.354 e. The molecular formula is C16H21FN2O2. The van der Waals surface area contributed by atoms with E-state index in [1.54, 1.807) is 24.1 Å². The number of carbonyl (C=O) groups is 2. The number of hydrogen-bond acceptors (Lipinski definition) is 2. The lowest BCUT2D eigenvalue weighted by Gasteiger charge is -2.38. The van der Waals surface area contributed by atoms with E-state index < -0.39 is 6.04 Å². The van der Waals surface area contributed by atoms with Gasteiger partial charge in [0.25, 0.3) is 0 Å². The summed E-state index contributed by atoms with van der Waals surface area (Å²) in [6.45, 7) is 3.79. The van der Waals surface area contributed by atoms with Crippen LogP contribution in [0.1, 0.15) is 38.3 Å². The fraction of sp³-hybridized carbons (Fsp3) is 0.500. The standard InChI is InChI=1S/C16H21FN2O2/c1-10(2)18-16(21)13-7-8-14(20)19(3)15(13)11-5-4-6-12(17)9-11/h4-6,9-10,13,15H,7-8H2,1-3H3,(H,18,21)/t13-,15-/m1/s1. The van der Waals surface area contributed by atoms with Crippen molar-refractivity contribution in [3.63, 3.8) is 0 Å². The summed E-state index contributed by atoms with van der Waals surface area (Å²) in [7, 11) is 1.67. The molecule has 1 aliphatic rings. The van der Waals surface area contributed by atoms with E-state index >= 15 is 0 Å². The van der Waals surface area contributed by atoms with Crippen molar-refractivity contribution in [1.82, 2.24) is 10.2 Å². The Morgan fingerprint density at radius 2 is 2.14 bits per heavy atom. The number of amides is 2. The summed E-state index contributed by atoms with van der Waals surface area (Å²) in [6.07, 6.45) is 0.835. The molecule has 5 heteroatoms. The Morgan fingerprint density at radius 1 is 1.43 bits per heavy atom. The normalized spacial score (nSPS) is 22.5. The van der Waals surface area contributed by atoms with Gasteiger partial charge >= 0.3 is 0 Å². The number of nitrogens with one attached hydrogen (secondary N) is 1. The first-order valence-corrected chi connectivity index (χ1v) is 7.21. The molecule has 1 heterocycles. The third kappa shape index (κ3) is 3.40. The van der Waals surface area contributed by atoms with Crippen LogP contribution in [-0.2, 0) is 9.59 Å². The molecule has 1 saturated heterocycles. The van der Waals surface area contributed by atoms with Gasteiger partial charge in [-0.05, 0) is 38.0 Å². The summed E-state index contributed by atoms with van der Waals surface area (Å²) in [5.41, 5.74) is 0.662. The lowest BCUT2D eigenvalue weighted by Crippen LogP contribution is -2.47. The molecule has 0 bridgehead atoms. The summed E-state index contributed by atoms with van der Waals surface area (Å²) in [5, 5.41) is 2.89. The Morgan fingerprint density at radius 3 is 2.76 bits per heavy atom. The molecule has 2 atom stereocenters. The van der Waals surface area contributed by atoms with Crippen molar-refractivity contribution in [1.29, 1.82) is 0 Å². The molecular weight excluding hydrogens is 271 g/mol. The van der Waals surface area contributed by atoms with Crippen molar-refractivity contribution in [2.75, 3.05) is 7.05 Å². The number of rotatable bonds is 3. The summed E-state index contributed by atoms with van der Waals surface area (Å²) in [4.78, 5) is 25.9. The number of halogens is 1. The molecule has 0 spiro atoms. The van der Waals surface area contributed by atoms with Crippen molar-refractivity contribution >= 4 is 11.8 Å². The first-order valence-electron chi connectivity index (χ1n) is 7.21. The molecule has 1 aromatic rings. The first kappa shape index (κ1) is 15.5. The van der Waals surface area contributed by atoms with Crippen molar-refractivity contribution in [3.05, 3.63) is 35.6 Å². The molecule has 1 N–H and O–H groups in total. The number of hydrogen-bond donors (Lipinski definition) is 1. The van der Waals surface area contributed by atoms with Crippen LogP contribution in [0.25, 0.3) is 0 Å². The number of piperidine rings is 1. The minimum absolute atomic E-state index is 0.0159. The Bertz CT molecular complexity index is 545. The zero-order chi connectivity index (χ0) is 15.6. The monoisotopic (exact) mass is 292 g/mol. The zero-order valence-electron chi connectivity index (χ0n) is 12.6. The highest BCUT2D eigenvalue weighted by atomic mass is 19.1. The second-order valence-corrected chi connectivity index (χ2v) is 5.81. The first-order chi connectivity index (χ1) is 9.90. The van der Waals surface area contributed by atoms with Gasteiger partial charge in [0.15, 0.2) is 0 Å². The van der Waals surface area contributed by atoms with Crippen molar-refractivity contribution in [2.45, 2.75) is 38.8 Å². The van der Waals surface area contributed by atoms with Crippen LogP contribution in [0.4, 0.5) is 4.39 Å². The minimum Gasteiger partial charge on any atom is -0.354 e. The summed E-state index contributed by atoms with van der Waals surface area (Å²) >= 11 is 0. The fourth-order valence-corrected chi connectivity index (χ4v) is 2.85. The van der Waals surface area contributed by atoms with Gasteiger partial charge in [-0.1, -0.05) is 12.1 Å². The predicted molar refractivity (Wildman–Crippen MR) is 77.9 cm³/mol. The van der Waals surface area contributed by atoms with E-state index in [0.29, 0.717) is 18.4 Å². The molecule has 0 aliphatic carbocycles. The maximum absolute atomic E-state index is 13.5. The maximum Gasteiger partial charge on any atom is 0.225 e. The van der Waals surface area contributed by atoms with E-state index in [1.807, 2.05) is 13.8 Å². The van der Waals surface area contributed by atoms with Crippen LogP contribution in [0.2, 0.25) is 0 Å². The van der Waals surface area contributed by atoms with E-state index in [-0.39, 0.29) is 29.6 Å². The zero-order valence-corrected chi connectivity index (χ0v) is 12.6. The van der Waals surface area contributed by atoms with Crippen LogP contribution in [0.5, 0.6) is 0 Å². The van der Waals surface area contributed by atoms with Crippen LogP contribution in [0.3, 0.4) is 0 Å². The van der Waals surface area contributed by atoms with Crippen LogP contribution < -0.4 is 5.32 Å². The Labute approximate surface area is 124 Å². The third-order valence-electron chi connectivity index (χ3n) is 3.82. The molecule has 114 valence electrons. The average molecular weight is 292 g/mol. The lowest BCUT2D eigenvalue weighted by atomic mass is 9.84. The smallest absolute Gasteiger partial charge is 0.225 e. The van der Waals surface area contributed by atoms with Gasteiger partial charge < -0.3 is 10.2 Å². The van der Waals surface area contributed by atoms with E-state index in [2.05, 4.69) is 5.32 Å². The van der Waals surface area contributed by atoms with Crippen LogP contribution in [0.15, 0.2) is 24.3 Å². The SMILES string of the molecule is CC(C)NC(=O)[C@@H]1CCC(=O)N(C)[C@@H]1c1cccc(F)c1. The highest BCUT2D eigenvalue weighted by Crippen LogP contribution is 2.36. The van der Waals surface area contributed by atoms with Gasteiger partial charge in [-0.2, -0.15) is 0 Å². The molecule has 4 nitrogen and oxygen atoms in total. The second kappa shape index (κ2) is 6.24. The van der Waals surface area contributed by atoms with Crippen molar-refractivity contribution < 1.29 is 14.0 Å². The average Bonchev–Trinajstić information content (AvgIpc) is 2.40. The molecule has 2 rings (SSSR count). The molecule has 0 radical (unpaired) electrons. The molecule has 1 aliphatic heterocycles. The van der Waals surface area contributed by atoms with Crippen LogP contribution >= 0.6 is 0 Å². The summed E-state index contributed by atoms with van der Waals surface area (Å²) < 4.78 is 13.5. The third-order valence-corrected chi connectivity index (χ3v) is 3.82. The molecule has 0 aromatic heterocycles. The molecule has 2 amide bonds. The van der Waals surface area contributed by atoms with Gasteiger partial charge in [0.1, 0.15) is 5.82 Å². The van der Waals surface area contributed by atoms with E-state index in [0.717, 1.165) is 0 Å². The molecule has 1 aromatic carbocycles. The van der Waals surface area contributed by atoms with Crippen molar-refractivity contribution in [2.24, 2.45) is 5.92 Å². The van der Waals surface area contributed by atoms with Gasteiger partial charge in [-0.15, -0.1) is 0 Å². The molecule has 0 saturated carbocycles. The van der Waals surface area contributed by atoms with Crippen molar-refractivity contribution in [3.8, 4) is 0 Å². The molecule has 0 unspecified atom stereocenters. The minimum atomic E-state index is -0.416. The fourth-order valence-electron chi connectivity index (χ4n) is 2.85. The number of likely N-dealkylation sites (tertiary alicyclic amines) is 1. The predicted octanol–water partition coefficient (Wildman–Crippen LogP) is 2.26. The topological polar surface area (TPSA) is 49.4 Å². The van der Waals surface area contributed by atoms with Crippen LogP contribution in [0, 0.1) is 11.7 Å². The lowest BCUT2D eigenvalue weighted by molar-refractivity contribution is -0.141. The highest BCUT2D eigenvalue weighted by Gasteiger charge is 2.38. The number of nitrogens with zero attached hydrogens (tertiary/aromatic N) is 1. The summed E-state index contributed by atoms with van der Waals surface area (Å²) in [6, 6.07) is 5.74. The Hall–Kier alpha value is -1.91. The van der Waals surface area contributed by atoms with E-state index in [4.69, 9.17) is 0 Å². The van der Waals surface area contributed by atoms with E-state index in [1.165, 1.54) is 12.1 Å². The quantitative estimate of drug-likeness (QED) is 0.929. The van der Waals surface area contributed by atoms with E-state index in [9.17, 15) is 14.0 Å². The molecule has 1 fully saturated rings.